The van der Waals surface area contributed by atoms with Crippen LogP contribution in [-0.2, 0) is 9.59 Å². The van der Waals surface area contributed by atoms with Crippen molar-refractivity contribution in [3.63, 3.8) is 0 Å². The number of carbonyl (C=O) groups is 2. The molecular formula is C18H25N5O2. The maximum absolute atomic E-state index is 12.8. The van der Waals surface area contributed by atoms with Gasteiger partial charge in [0.25, 0.3) is 0 Å². The molecular weight excluding hydrogens is 318 g/mol. The van der Waals surface area contributed by atoms with Crippen molar-refractivity contribution < 1.29 is 9.59 Å². The summed E-state index contributed by atoms with van der Waals surface area (Å²) in [6, 6.07) is 1.91. The Bertz CT molecular complexity index is 663. The average Bonchev–Trinajstić information content (AvgIpc) is 2.82. The average molecular weight is 343 g/mol. The maximum atomic E-state index is 12.8. The number of aryl methyl sites for hydroxylation is 1. The standard InChI is InChI=1S/C18H25N5O2/c1-3-7-23-13-15(12-17(23)24)18(25)22-9-4-8-21(10-11-22)16-5-6-19-14(2)20-16/h3,5-6,15H,1,4,7-13H2,2H3. The van der Waals surface area contributed by atoms with Gasteiger partial charge in [-0.25, -0.2) is 9.97 Å². The molecule has 134 valence electrons. The summed E-state index contributed by atoms with van der Waals surface area (Å²) in [5.74, 6) is 1.59. The van der Waals surface area contributed by atoms with Gasteiger partial charge in [-0.05, 0) is 19.4 Å². The van der Waals surface area contributed by atoms with Crippen LogP contribution in [0.5, 0.6) is 0 Å². The van der Waals surface area contributed by atoms with Gasteiger partial charge in [0.15, 0.2) is 0 Å². The summed E-state index contributed by atoms with van der Waals surface area (Å²) in [6.45, 7) is 9.58. The highest BCUT2D eigenvalue weighted by atomic mass is 16.2. The van der Waals surface area contributed by atoms with Crippen LogP contribution in [0.15, 0.2) is 24.9 Å². The molecule has 1 atom stereocenters. The van der Waals surface area contributed by atoms with Crippen molar-refractivity contribution in [1.29, 1.82) is 0 Å². The van der Waals surface area contributed by atoms with Crippen LogP contribution in [0.4, 0.5) is 5.82 Å². The highest BCUT2D eigenvalue weighted by Gasteiger charge is 2.36. The van der Waals surface area contributed by atoms with Crippen molar-refractivity contribution in [1.82, 2.24) is 19.8 Å². The van der Waals surface area contributed by atoms with Gasteiger partial charge in [-0.3, -0.25) is 9.59 Å². The Labute approximate surface area is 148 Å². The molecule has 0 spiro atoms. The summed E-state index contributed by atoms with van der Waals surface area (Å²) in [6.07, 6.45) is 4.69. The van der Waals surface area contributed by atoms with Gasteiger partial charge < -0.3 is 14.7 Å². The van der Waals surface area contributed by atoms with Crippen LogP contribution in [0.3, 0.4) is 0 Å². The summed E-state index contributed by atoms with van der Waals surface area (Å²) in [5.41, 5.74) is 0. The van der Waals surface area contributed by atoms with E-state index in [0.717, 1.165) is 37.7 Å². The first kappa shape index (κ1) is 17.4. The van der Waals surface area contributed by atoms with Gasteiger partial charge in [-0.2, -0.15) is 0 Å². The van der Waals surface area contributed by atoms with Crippen molar-refractivity contribution in [2.45, 2.75) is 19.8 Å². The van der Waals surface area contributed by atoms with E-state index in [0.29, 0.717) is 26.1 Å². The van der Waals surface area contributed by atoms with Crippen molar-refractivity contribution >= 4 is 17.6 Å². The summed E-state index contributed by atoms with van der Waals surface area (Å²) in [7, 11) is 0. The highest BCUT2D eigenvalue weighted by Crippen LogP contribution is 2.21. The fraction of sp³-hybridized carbons (Fsp3) is 0.556. The molecule has 7 nitrogen and oxygen atoms in total. The van der Waals surface area contributed by atoms with Crippen LogP contribution in [0, 0.1) is 12.8 Å². The molecule has 0 bridgehead atoms. The Morgan fingerprint density at radius 2 is 2.20 bits per heavy atom. The molecule has 0 aliphatic carbocycles. The Balaban J connectivity index is 1.60. The molecule has 0 radical (unpaired) electrons. The van der Waals surface area contributed by atoms with Crippen LogP contribution < -0.4 is 4.90 Å². The van der Waals surface area contributed by atoms with Gasteiger partial charge in [0, 0.05) is 51.9 Å². The molecule has 25 heavy (non-hydrogen) atoms. The lowest BCUT2D eigenvalue weighted by atomic mass is 10.1. The summed E-state index contributed by atoms with van der Waals surface area (Å²) in [4.78, 5) is 39.2. The number of amides is 2. The van der Waals surface area contributed by atoms with Crippen LogP contribution in [0.25, 0.3) is 0 Å². The predicted octanol–water partition coefficient (Wildman–Crippen LogP) is 0.858. The quantitative estimate of drug-likeness (QED) is 0.759. The SMILES string of the molecule is C=CCN1CC(C(=O)N2CCCN(c3ccnc(C)n3)CC2)CC1=O. The molecule has 7 heteroatoms. The zero-order valence-electron chi connectivity index (χ0n) is 14.7. The number of anilines is 1. The minimum atomic E-state index is -0.222. The molecule has 2 aliphatic rings. The first-order valence-corrected chi connectivity index (χ1v) is 8.80. The number of aromatic nitrogens is 2. The molecule has 0 aromatic carbocycles. The Hall–Kier alpha value is -2.44. The van der Waals surface area contributed by atoms with Crippen molar-refractivity contribution in [2.75, 3.05) is 44.2 Å². The number of rotatable bonds is 4. The molecule has 0 N–H and O–H groups in total. The predicted molar refractivity (Wildman–Crippen MR) is 95.1 cm³/mol. The molecule has 3 heterocycles. The molecule has 2 fully saturated rings. The Kier molecular flexibility index (Phi) is 5.31. The lowest BCUT2D eigenvalue weighted by Crippen LogP contribution is -2.40. The number of hydrogen-bond donors (Lipinski definition) is 0. The van der Waals surface area contributed by atoms with Crippen LogP contribution in [-0.4, -0.2) is 70.9 Å². The van der Waals surface area contributed by atoms with E-state index in [1.165, 1.54) is 0 Å². The van der Waals surface area contributed by atoms with E-state index in [2.05, 4.69) is 21.4 Å². The maximum Gasteiger partial charge on any atom is 0.228 e. The third-order valence-corrected chi connectivity index (χ3v) is 4.81. The molecule has 1 aromatic heterocycles. The fourth-order valence-corrected chi connectivity index (χ4v) is 3.51. The minimum Gasteiger partial charge on any atom is -0.355 e. The van der Waals surface area contributed by atoms with Gasteiger partial charge >= 0.3 is 0 Å². The topological polar surface area (TPSA) is 69.6 Å². The van der Waals surface area contributed by atoms with Crippen molar-refractivity contribution in [2.24, 2.45) is 5.92 Å². The van der Waals surface area contributed by atoms with Crippen LogP contribution >= 0.6 is 0 Å². The van der Waals surface area contributed by atoms with Gasteiger partial charge in [0.2, 0.25) is 11.8 Å². The van der Waals surface area contributed by atoms with Gasteiger partial charge in [0.05, 0.1) is 5.92 Å². The van der Waals surface area contributed by atoms with Crippen molar-refractivity contribution in [3.05, 3.63) is 30.7 Å². The molecule has 2 aliphatic heterocycles. The van der Waals surface area contributed by atoms with E-state index in [-0.39, 0.29) is 17.7 Å². The molecule has 0 saturated carbocycles. The fourth-order valence-electron chi connectivity index (χ4n) is 3.51. The third-order valence-electron chi connectivity index (χ3n) is 4.81. The van der Waals surface area contributed by atoms with Crippen LogP contribution in [0.2, 0.25) is 0 Å². The molecule has 1 aromatic rings. The monoisotopic (exact) mass is 343 g/mol. The minimum absolute atomic E-state index is 0.0474. The van der Waals surface area contributed by atoms with E-state index in [4.69, 9.17) is 0 Å². The van der Waals surface area contributed by atoms with Gasteiger partial charge in [-0.15, -0.1) is 6.58 Å². The Morgan fingerprint density at radius 3 is 2.96 bits per heavy atom. The second-order valence-corrected chi connectivity index (χ2v) is 6.62. The number of hydrogen-bond acceptors (Lipinski definition) is 5. The van der Waals surface area contributed by atoms with Crippen LogP contribution in [0.1, 0.15) is 18.7 Å². The first-order valence-electron chi connectivity index (χ1n) is 8.80. The lowest BCUT2D eigenvalue weighted by molar-refractivity contribution is -0.135. The van der Waals surface area contributed by atoms with Crippen molar-refractivity contribution in [3.8, 4) is 0 Å². The molecule has 2 saturated heterocycles. The summed E-state index contributed by atoms with van der Waals surface area (Å²) < 4.78 is 0. The largest absolute Gasteiger partial charge is 0.355 e. The van der Waals surface area contributed by atoms with E-state index in [1.807, 2.05) is 17.9 Å². The Morgan fingerprint density at radius 1 is 1.36 bits per heavy atom. The van der Waals surface area contributed by atoms with E-state index < -0.39 is 0 Å². The van der Waals surface area contributed by atoms with Gasteiger partial charge in [-0.1, -0.05) is 6.08 Å². The number of nitrogens with zero attached hydrogens (tertiary/aromatic N) is 5. The normalized spacial score (nSPS) is 21.4. The first-order chi connectivity index (χ1) is 12.1. The summed E-state index contributed by atoms with van der Waals surface area (Å²) in [5, 5.41) is 0. The second kappa shape index (κ2) is 7.63. The smallest absolute Gasteiger partial charge is 0.228 e. The van der Waals surface area contributed by atoms with E-state index >= 15 is 0 Å². The number of likely N-dealkylation sites (tertiary alicyclic amines) is 1. The third kappa shape index (κ3) is 3.97. The zero-order chi connectivity index (χ0) is 17.8. The summed E-state index contributed by atoms with van der Waals surface area (Å²) >= 11 is 0. The zero-order valence-corrected chi connectivity index (χ0v) is 14.7. The lowest BCUT2D eigenvalue weighted by Gasteiger charge is -2.25. The second-order valence-electron chi connectivity index (χ2n) is 6.62. The number of carbonyl (C=O) groups excluding carboxylic acids is 2. The van der Waals surface area contributed by atoms with E-state index in [1.54, 1.807) is 17.2 Å². The van der Waals surface area contributed by atoms with Gasteiger partial charge in [0.1, 0.15) is 11.6 Å². The molecule has 3 rings (SSSR count). The highest BCUT2D eigenvalue weighted by molar-refractivity contribution is 5.89. The molecule has 1 unspecified atom stereocenters. The molecule has 2 amide bonds. The van der Waals surface area contributed by atoms with E-state index in [9.17, 15) is 9.59 Å².